The number of rotatable bonds is 5. The lowest BCUT2D eigenvalue weighted by molar-refractivity contribution is 0.111. The van der Waals surface area contributed by atoms with Crippen molar-refractivity contribution in [2.75, 3.05) is 40.4 Å². The van der Waals surface area contributed by atoms with Crippen molar-refractivity contribution in [3.05, 3.63) is 17.2 Å². The van der Waals surface area contributed by atoms with E-state index in [2.05, 4.69) is 4.90 Å². The van der Waals surface area contributed by atoms with E-state index in [0.717, 1.165) is 13.1 Å². The van der Waals surface area contributed by atoms with Gasteiger partial charge in [-0.05, 0) is 18.9 Å². The van der Waals surface area contributed by atoms with E-state index in [0.29, 0.717) is 24.9 Å². The van der Waals surface area contributed by atoms with Crippen molar-refractivity contribution in [1.82, 2.24) is 9.21 Å². The molecule has 0 bridgehead atoms. The molecule has 1 saturated heterocycles. The first-order valence-corrected chi connectivity index (χ1v) is 10.9. The fourth-order valence-corrected chi connectivity index (χ4v) is 5.82. The number of nitrogens with zero attached hydrogens (tertiary/aromatic N) is 2. The maximum atomic E-state index is 13.1. The molecular formula is C18H27ClN2O4S. The maximum absolute atomic E-state index is 13.1. The number of hydrogen-bond acceptors (Lipinski definition) is 5. The maximum Gasteiger partial charge on any atom is 0.246 e. The van der Waals surface area contributed by atoms with E-state index in [1.54, 1.807) is 0 Å². The zero-order valence-electron chi connectivity index (χ0n) is 15.4. The Bertz CT molecular complexity index is 727. The Kier molecular flexibility index (Phi) is 6.33. The Morgan fingerprint density at radius 2 is 1.58 bits per heavy atom. The van der Waals surface area contributed by atoms with Crippen molar-refractivity contribution < 1.29 is 17.9 Å². The molecule has 1 heterocycles. The van der Waals surface area contributed by atoms with Crippen molar-refractivity contribution in [2.45, 2.75) is 43.0 Å². The Balaban J connectivity index is 1.76. The molecule has 1 saturated carbocycles. The molecule has 0 N–H and O–H groups in total. The van der Waals surface area contributed by atoms with Crippen molar-refractivity contribution in [2.24, 2.45) is 0 Å². The Morgan fingerprint density at radius 3 is 2.15 bits per heavy atom. The minimum atomic E-state index is -3.66. The van der Waals surface area contributed by atoms with Gasteiger partial charge >= 0.3 is 0 Å². The molecule has 1 aliphatic heterocycles. The van der Waals surface area contributed by atoms with Gasteiger partial charge in [0, 0.05) is 38.3 Å². The van der Waals surface area contributed by atoms with E-state index in [-0.39, 0.29) is 15.7 Å². The molecule has 0 spiro atoms. The highest BCUT2D eigenvalue weighted by atomic mass is 35.5. The smallest absolute Gasteiger partial charge is 0.246 e. The lowest BCUT2D eigenvalue weighted by Crippen LogP contribution is -2.52. The number of benzene rings is 1. The molecule has 0 aromatic heterocycles. The summed E-state index contributed by atoms with van der Waals surface area (Å²) in [5.41, 5.74) is 0. The normalized spacial score (nSPS) is 20.9. The largest absolute Gasteiger partial charge is 0.495 e. The van der Waals surface area contributed by atoms with Crippen LogP contribution in [0.3, 0.4) is 0 Å². The molecule has 0 unspecified atom stereocenters. The summed E-state index contributed by atoms with van der Waals surface area (Å²) < 4.78 is 38.2. The van der Waals surface area contributed by atoms with Gasteiger partial charge in [0.05, 0.1) is 19.2 Å². The van der Waals surface area contributed by atoms with E-state index < -0.39 is 10.0 Å². The predicted octanol–water partition coefficient (Wildman–Crippen LogP) is 3.00. The van der Waals surface area contributed by atoms with Crippen molar-refractivity contribution in [3.63, 3.8) is 0 Å². The predicted molar refractivity (Wildman–Crippen MR) is 102 cm³/mol. The van der Waals surface area contributed by atoms with Gasteiger partial charge in [-0.3, -0.25) is 4.90 Å². The monoisotopic (exact) mass is 402 g/mol. The molecule has 3 rings (SSSR count). The minimum absolute atomic E-state index is 0.0944. The van der Waals surface area contributed by atoms with Crippen LogP contribution >= 0.6 is 11.6 Å². The van der Waals surface area contributed by atoms with Gasteiger partial charge in [-0.25, -0.2) is 8.42 Å². The Labute approximate surface area is 161 Å². The number of halogens is 1. The summed E-state index contributed by atoms with van der Waals surface area (Å²) >= 11 is 6.16. The topological polar surface area (TPSA) is 59.1 Å². The number of sulfonamides is 1. The molecular weight excluding hydrogens is 376 g/mol. The summed E-state index contributed by atoms with van der Waals surface area (Å²) in [4.78, 5) is 2.54. The summed E-state index contributed by atoms with van der Waals surface area (Å²) in [6.07, 6.45) is 6.35. The first kappa shape index (κ1) is 19.7. The summed E-state index contributed by atoms with van der Waals surface area (Å²) in [6.45, 7) is 2.53. The molecule has 26 heavy (non-hydrogen) atoms. The average molecular weight is 403 g/mol. The molecule has 6 nitrogen and oxygen atoms in total. The molecule has 0 amide bonds. The van der Waals surface area contributed by atoms with Gasteiger partial charge in [0.2, 0.25) is 10.0 Å². The van der Waals surface area contributed by atoms with Gasteiger partial charge in [0.1, 0.15) is 16.4 Å². The van der Waals surface area contributed by atoms with Crippen LogP contribution in [0.15, 0.2) is 17.0 Å². The fraction of sp³-hybridized carbons (Fsp3) is 0.667. The second-order valence-corrected chi connectivity index (χ2v) is 9.18. The zero-order valence-corrected chi connectivity index (χ0v) is 17.0. The quantitative estimate of drug-likeness (QED) is 0.757. The van der Waals surface area contributed by atoms with Crippen LogP contribution in [0.1, 0.15) is 32.1 Å². The number of hydrogen-bond donors (Lipinski definition) is 0. The number of piperazine rings is 1. The first-order valence-electron chi connectivity index (χ1n) is 9.13. The van der Waals surface area contributed by atoms with Gasteiger partial charge in [-0.15, -0.1) is 0 Å². The van der Waals surface area contributed by atoms with Gasteiger partial charge in [0.25, 0.3) is 0 Å². The van der Waals surface area contributed by atoms with E-state index >= 15 is 0 Å². The number of ether oxygens (including phenoxy) is 2. The molecule has 0 radical (unpaired) electrons. The first-order chi connectivity index (χ1) is 12.5. The van der Waals surface area contributed by atoms with Crippen LogP contribution in [-0.2, 0) is 10.0 Å². The second-order valence-electron chi connectivity index (χ2n) is 6.87. The van der Waals surface area contributed by atoms with Crippen LogP contribution in [0.5, 0.6) is 11.5 Å². The standard InChI is InChI=1S/C18H27ClN2O4S/c1-24-16-13-17(25-2)18(12-15(16)19)26(22,23)21-10-8-20(9-11-21)14-6-4-3-5-7-14/h12-14H,3-11H2,1-2H3. The molecule has 8 heteroatoms. The Hall–Kier alpha value is -1.02. The van der Waals surface area contributed by atoms with E-state index in [1.807, 2.05) is 0 Å². The third-order valence-corrected chi connectivity index (χ3v) is 7.64. The van der Waals surface area contributed by atoms with Gasteiger partial charge in [-0.2, -0.15) is 4.31 Å². The molecule has 1 aliphatic carbocycles. The van der Waals surface area contributed by atoms with Crippen LogP contribution in [-0.4, -0.2) is 64.1 Å². The average Bonchev–Trinajstić information content (AvgIpc) is 2.68. The summed E-state index contributed by atoms with van der Waals surface area (Å²) in [5.74, 6) is 0.644. The second kappa shape index (κ2) is 8.33. The number of methoxy groups -OCH3 is 2. The van der Waals surface area contributed by atoms with E-state index in [4.69, 9.17) is 21.1 Å². The van der Waals surface area contributed by atoms with Crippen LogP contribution in [0.2, 0.25) is 5.02 Å². The van der Waals surface area contributed by atoms with Crippen LogP contribution < -0.4 is 9.47 Å². The van der Waals surface area contributed by atoms with Crippen molar-refractivity contribution in [1.29, 1.82) is 0 Å². The molecule has 2 fully saturated rings. The Morgan fingerprint density at radius 1 is 0.962 bits per heavy atom. The molecule has 146 valence electrons. The highest BCUT2D eigenvalue weighted by Crippen LogP contribution is 2.36. The SMILES string of the molecule is COc1cc(OC)c(S(=O)(=O)N2CCN(C3CCCCC3)CC2)cc1Cl. The zero-order chi connectivity index (χ0) is 18.7. The van der Waals surface area contributed by atoms with Crippen molar-refractivity contribution in [3.8, 4) is 11.5 Å². The molecule has 1 aromatic rings. The highest BCUT2D eigenvalue weighted by Gasteiger charge is 2.33. The molecule has 1 aromatic carbocycles. The van der Waals surface area contributed by atoms with Crippen LogP contribution in [0.4, 0.5) is 0 Å². The molecule has 0 atom stereocenters. The molecule has 2 aliphatic rings. The van der Waals surface area contributed by atoms with Crippen LogP contribution in [0.25, 0.3) is 0 Å². The summed E-state index contributed by atoms with van der Waals surface area (Å²) in [5, 5.41) is 0.257. The minimum Gasteiger partial charge on any atom is -0.495 e. The van der Waals surface area contributed by atoms with Gasteiger partial charge in [-0.1, -0.05) is 30.9 Å². The van der Waals surface area contributed by atoms with Crippen molar-refractivity contribution >= 4 is 21.6 Å². The van der Waals surface area contributed by atoms with E-state index in [9.17, 15) is 8.42 Å². The summed E-state index contributed by atoms with van der Waals surface area (Å²) in [7, 11) is -0.732. The van der Waals surface area contributed by atoms with Crippen LogP contribution in [0, 0.1) is 0 Å². The third kappa shape index (κ3) is 3.96. The third-order valence-electron chi connectivity index (χ3n) is 5.42. The van der Waals surface area contributed by atoms with Gasteiger partial charge < -0.3 is 9.47 Å². The lowest BCUT2D eigenvalue weighted by Gasteiger charge is -2.40. The lowest BCUT2D eigenvalue weighted by atomic mass is 9.94. The summed E-state index contributed by atoms with van der Waals surface area (Å²) in [6, 6.07) is 3.55. The highest BCUT2D eigenvalue weighted by molar-refractivity contribution is 7.89. The fourth-order valence-electron chi connectivity index (χ4n) is 3.93. The van der Waals surface area contributed by atoms with Gasteiger partial charge in [0.15, 0.2) is 0 Å². The van der Waals surface area contributed by atoms with E-state index in [1.165, 1.54) is 62.8 Å².